The van der Waals surface area contributed by atoms with Crippen LogP contribution in [0.4, 0.5) is 13.2 Å². The molecule has 0 aliphatic carbocycles. The van der Waals surface area contributed by atoms with Crippen molar-refractivity contribution in [2.24, 2.45) is 0 Å². The Kier molecular flexibility index (Phi) is 4.23. The lowest BCUT2D eigenvalue weighted by Gasteiger charge is -2.21. The first-order valence-corrected chi connectivity index (χ1v) is 6.98. The van der Waals surface area contributed by atoms with Crippen LogP contribution in [0.15, 0.2) is 42.5 Å². The maximum Gasteiger partial charge on any atom is 0.416 e. The zero-order chi connectivity index (χ0) is 16.5. The summed E-state index contributed by atoms with van der Waals surface area (Å²) in [6.45, 7) is 6.24. The SMILES string of the molecule is COc1cc(-c2ccc(C(F)(F)F)cc2)cc(C(C)(C)C)c1. The molecule has 0 unspecified atom stereocenters. The van der Waals surface area contributed by atoms with Gasteiger partial charge in [-0.25, -0.2) is 0 Å². The maximum absolute atomic E-state index is 12.6. The molecule has 0 aliphatic heterocycles. The maximum atomic E-state index is 12.6. The highest BCUT2D eigenvalue weighted by molar-refractivity contribution is 5.67. The summed E-state index contributed by atoms with van der Waals surface area (Å²) in [6.07, 6.45) is -4.32. The quantitative estimate of drug-likeness (QED) is 0.693. The van der Waals surface area contributed by atoms with Gasteiger partial charge in [-0.1, -0.05) is 39.0 Å². The van der Waals surface area contributed by atoms with Crippen molar-refractivity contribution in [1.29, 1.82) is 0 Å². The topological polar surface area (TPSA) is 9.23 Å². The molecule has 4 heteroatoms. The summed E-state index contributed by atoms with van der Waals surface area (Å²) in [5.74, 6) is 0.697. The predicted octanol–water partition coefficient (Wildman–Crippen LogP) is 5.68. The first-order valence-electron chi connectivity index (χ1n) is 6.98. The van der Waals surface area contributed by atoms with Crippen LogP contribution in [0.2, 0.25) is 0 Å². The molecule has 0 amide bonds. The number of hydrogen-bond donors (Lipinski definition) is 0. The van der Waals surface area contributed by atoms with Crippen molar-refractivity contribution in [3.8, 4) is 16.9 Å². The zero-order valence-corrected chi connectivity index (χ0v) is 13.1. The molecule has 2 aromatic rings. The average molecular weight is 308 g/mol. The Morgan fingerprint density at radius 1 is 0.773 bits per heavy atom. The first kappa shape index (κ1) is 16.4. The predicted molar refractivity (Wildman–Crippen MR) is 82.1 cm³/mol. The lowest BCUT2D eigenvalue weighted by Crippen LogP contribution is -2.11. The van der Waals surface area contributed by atoms with Crippen molar-refractivity contribution in [2.45, 2.75) is 32.4 Å². The molecule has 0 saturated carbocycles. The minimum Gasteiger partial charge on any atom is -0.497 e. The Balaban J connectivity index is 2.48. The molecule has 1 nitrogen and oxygen atoms in total. The molecule has 0 saturated heterocycles. The van der Waals surface area contributed by atoms with E-state index in [2.05, 4.69) is 20.8 Å². The second-order valence-electron chi connectivity index (χ2n) is 6.28. The van der Waals surface area contributed by atoms with Gasteiger partial charge in [0, 0.05) is 0 Å². The molecule has 0 fully saturated rings. The van der Waals surface area contributed by atoms with Crippen LogP contribution >= 0.6 is 0 Å². The molecule has 0 N–H and O–H groups in total. The summed E-state index contributed by atoms with van der Waals surface area (Å²) in [5.41, 5.74) is 1.93. The molecule has 0 aliphatic rings. The van der Waals surface area contributed by atoms with Crippen LogP contribution in [0.1, 0.15) is 31.9 Å². The highest BCUT2D eigenvalue weighted by Gasteiger charge is 2.30. The van der Waals surface area contributed by atoms with Gasteiger partial charge in [-0.3, -0.25) is 0 Å². The average Bonchev–Trinajstić information content (AvgIpc) is 2.45. The largest absolute Gasteiger partial charge is 0.497 e. The van der Waals surface area contributed by atoms with Gasteiger partial charge in [0.2, 0.25) is 0 Å². The molecule has 2 aromatic carbocycles. The molecule has 0 aromatic heterocycles. The molecule has 0 radical (unpaired) electrons. The fourth-order valence-corrected chi connectivity index (χ4v) is 2.17. The zero-order valence-electron chi connectivity index (χ0n) is 13.1. The monoisotopic (exact) mass is 308 g/mol. The summed E-state index contributed by atoms with van der Waals surface area (Å²) in [4.78, 5) is 0. The Labute approximate surface area is 128 Å². The Morgan fingerprint density at radius 3 is 1.82 bits per heavy atom. The van der Waals surface area contributed by atoms with Crippen molar-refractivity contribution >= 4 is 0 Å². The minimum absolute atomic E-state index is 0.0742. The highest BCUT2D eigenvalue weighted by Crippen LogP contribution is 2.34. The number of halogens is 3. The molecule has 118 valence electrons. The van der Waals surface area contributed by atoms with E-state index < -0.39 is 11.7 Å². The van der Waals surface area contributed by atoms with Crippen molar-refractivity contribution in [1.82, 2.24) is 0 Å². The number of benzene rings is 2. The van der Waals surface area contributed by atoms with Crippen LogP contribution in [-0.4, -0.2) is 7.11 Å². The van der Waals surface area contributed by atoms with E-state index in [4.69, 9.17) is 4.74 Å². The van der Waals surface area contributed by atoms with Gasteiger partial charge in [-0.2, -0.15) is 13.2 Å². The van der Waals surface area contributed by atoms with Crippen LogP contribution in [0.25, 0.3) is 11.1 Å². The van der Waals surface area contributed by atoms with E-state index in [-0.39, 0.29) is 5.41 Å². The molecular weight excluding hydrogens is 289 g/mol. The van der Waals surface area contributed by atoms with Crippen molar-refractivity contribution < 1.29 is 17.9 Å². The molecule has 22 heavy (non-hydrogen) atoms. The molecule has 2 rings (SSSR count). The second kappa shape index (κ2) is 5.67. The third kappa shape index (κ3) is 3.62. The Bertz CT molecular complexity index is 650. The molecular formula is C18H19F3O. The number of hydrogen-bond acceptors (Lipinski definition) is 1. The summed E-state index contributed by atoms with van der Waals surface area (Å²) < 4.78 is 43.2. The fourth-order valence-electron chi connectivity index (χ4n) is 2.17. The third-order valence-corrected chi connectivity index (χ3v) is 3.55. The normalized spacial score (nSPS) is 12.3. The van der Waals surface area contributed by atoms with Gasteiger partial charge in [0.15, 0.2) is 0 Å². The molecule has 0 spiro atoms. The Morgan fingerprint density at radius 2 is 1.36 bits per heavy atom. The van der Waals surface area contributed by atoms with Crippen LogP contribution in [0.3, 0.4) is 0 Å². The van der Waals surface area contributed by atoms with E-state index in [0.29, 0.717) is 5.75 Å². The van der Waals surface area contributed by atoms with Crippen LogP contribution in [-0.2, 0) is 11.6 Å². The summed E-state index contributed by atoms with van der Waals surface area (Å²) in [6, 6.07) is 11.0. The fraction of sp³-hybridized carbons (Fsp3) is 0.333. The van der Waals surface area contributed by atoms with E-state index >= 15 is 0 Å². The van der Waals surface area contributed by atoms with E-state index in [0.717, 1.165) is 28.8 Å². The van der Waals surface area contributed by atoms with Crippen LogP contribution < -0.4 is 4.74 Å². The number of ether oxygens (including phenoxy) is 1. The highest BCUT2D eigenvalue weighted by atomic mass is 19.4. The summed E-state index contributed by atoms with van der Waals surface area (Å²) in [7, 11) is 1.58. The standard InChI is InChI=1S/C18H19F3O/c1-17(2,3)15-9-13(10-16(11-15)22-4)12-5-7-14(8-6-12)18(19,20)21/h5-11H,1-4H3. The number of rotatable bonds is 2. The van der Waals surface area contributed by atoms with Gasteiger partial charge in [-0.05, 0) is 46.4 Å². The number of methoxy groups -OCH3 is 1. The molecule has 0 atom stereocenters. The lowest BCUT2D eigenvalue weighted by atomic mass is 9.85. The van der Waals surface area contributed by atoms with Crippen molar-refractivity contribution in [2.75, 3.05) is 7.11 Å². The van der Waals surface area contributed by atoms with Gasteiger partial charge in [0.25, 0.3) is 0 Å². The van der Waals surface area contributed by atoms with Gasteiger partial charge in [-0.15, -0.1) is 0 Å². The second-order valence-corrected chi connectivity index (χ2v) is 6.28. The van der Waals surface area contributed by atoms with Gasteiger partial charge < -0.3 is 4.74 Å². The summed E-state index contributed by atoms with van der Waals surface area (Å²) >= 11 is 0. The smallest absolute Gasteiger partial charge is 0.416 e. The Hall–Kier alpha value is -1.97. The van der Waals surface area contributed by atoms with Gasteiger partial charge in [0.05, 0.1) is 12.7 Å². The van der Waals surface area contributed by atoms with Crippen LogP contribution in [0, 0.1) is 0 Å². The minimum atomic E-state index is -4.32. The summed E-state index contributed by atoms with van der Waals surface area (Å²) in [5, 5.41) is 0. The molecule has 0 bridgehead atoms. The van der Waals surface area contributed by atoms with Crippen molar-refractivity contribution in [3.05, 3.63) is 53.6 Å². The van der Waals surface area contributed by atoms with E-state index in [9.17, 15) is 13.2 Å². The van der Waals surface area contributed by atoms with E-state index in [1.807, 2.05) is 18.2 Å². The van der Waals surface area contributed by atoms with Crippen molar-refractivity contribution in [3.63, 3.8) is 0 Å². The van der Waals surface area contributed by atoms with E-state index in [1.165, 1.54) is 12.1 Å². The molecule has 0 heterocycles. The number of alkyl halides is 3. The van der Waals surface area contributed by atoms with E-state index in [1.54, 1.807) is 7.11 Å². The third-order valence-electron chi connectivity index (χ3n) is 3.55. The van der Waals surface area contributed by atoms with Crippen LogP contribution in [0.5, 0.6) is 5.75 Å². The first-order chi connectivity index (χ1) is 10.1. The lowest BCUT2D eigenvalue weighted by molar-refractivity contribution is -0.137. The van der Waals surface area contributed by atoms with Gasteiger partial charge in [0.1, 0.15) is 5.75 Å². The van der Waals surface area contributed by atoms with Gasteiger partial charge >= 0.3 is 6.18 Å².